The second-order valence-electron chi connectivity index (χ2n) is 6.46. The van der Waals surface area contributed by atoms with Crippen molar-refractivity contribution in [2.45, 2.75) is 25.0 Å². The Morgan fingerprint density at radius 1 is 1.16 bits per heavy atom. The van der Waals surface area contributed by atoms with Gasteiger partial charge in [0, 0.05) is 26.2 Å². The summed E-state index contributed by atoms with van der Waals surface area (Å²) in [5.41, 5.74) is 1.33. The minimum atomic E-state index is -3.53. The predicted octanol–water partition coefficient (Wildman–Crippen LogP) is 3.27. The average molecular weight is 454 g/mol. The first-order chi connectivity index (χ1) is 14.7. The van der Waals surface area contributed by atoms with E-state index < -0.39 is 16.6 Å². The molecule has 0 atom stereocenters. The molecule has 2 rings (SSSR count). The van der Waals surface area contributed by atoms with Crippen LogP contribution in [0.2, 0.25) is 0 Å². The van der Waals surface area contributed by atoms with Gasteiger partial charge in [0.2, 0.25) is 15.9 Å². The van der Waals surface area contributed by atoms with Crippen LogP contribution in [0.1, 0.15) is 18.1 Å². The largest absolute Gasteiger partial charge is 0.493 e. The number of sulfonamides is 1. The van der Waals surface area contributed by atoms with Gasteiger partial charge in [-0.2, -0.15) is 8.78 Å². The highest BCUT2D eigenvalue weighted by molar-refractivity contribution is 7.89. The van der Waals surface area contributed by atoms with Gasteiger partial charge >= 0.3 is 6.61 Å². The lowest BCUT2D eigenvalue weighted by atomic mass is 10.2. The SMILES string of the molecule is CCNS(=O)(=O)c1ccc(/C=C/C(=O)N(C)Cc2ccc(OC(F)F)c(OC)c2)cc1. The molecule has 0 aliphatic heterocycles. The number of carbonyl (C=O) groups is 1. The molecule has 0 spiro atoms. The maximum absolute atomic E-state index is 12.4. The number of nitrogens with zero attached hydrogens (tertiary/aromatic N) is 1. The maximum atomic E-state index is 12.4. The molecule has 0 aliphatic carbocycles. The van der Waals surface area contributed by atoms with Crippen molar-refractivity contribution in [1.29, 1.82) is 0 Å². The summed E-state index contributed by atoms with van der Waals surface area (Å²) in [5, 5.41) is 0. The number of rotatable bonds is 10. The number of alkyl halides is 2. The molecule has 0 bridgehead atoms. The Labute approximate surface area is 180 Å². The van der Waals surface area contributed by atoms with Gasteiger partial charge in [-0.3, -0.25) is 4.79 Å². The summed E-state index contributed by atoms with van der Waals surface area (Å²) in [6.07, 6.45) is 2.93. The van der Waals surface area contributed by atoms with E-state index in [1.54, 1.807) is 38.2 Å². The molecule has 0 saturated carbocycles. The van der Waals surface area contributed by atoms with Crippen LogP contribution in [0.15, 0.2) is 53.4 Å². The fourth-order valence-electron chi connectivity index (χ4n) is 2.68. The van der Waals surface area contributed by atoms with E-state index in [0.717, 1.165) is 0 Å². The number of likely N-dealkylation sites (N-methyl/N-ethyl adjacent to an activating group) is 1. The highest BCUT2D eigenvalue weighted by atomic mass is 32.2. The third-order valence-corrected chi connectivity index (χ3v) is 5.74. The fraction of sp³-hybridized carbons (Fsp3) is 0.286. The molecule has 2 aromatic carbocycles. The van der Waals surface area contributed by atoms with E-state index in [4.69, 9.17) is 4.74 Å². The number of nitrogens with one attached hydrogen (secondary N) is 1. The number of hydrogen-bond acceptors (Lipinski definition) is 5. The first-order valence-electron chi connectivity index (χ1n) is 9.31. The normalized spacial score (nSPS) is 11.7. The number of halogens is 2. The fourth-order valence-corrected chi connectivity index (χ4v) is 3.72. The first-order valence-corrected chi connectivity index (χ1v) is 10.8. The predicted molar refractivity (Wildman–Crippen MR) is 112 cm³/mol. The lowest BCUT2D eigenvalue weighted by Crippen LogP contribution is -2.24. The second-order valence-corrected chi connectivity index (χ2v) is 8.23. The Morgan fingerprint density at radius 2 is 1.84 bits per heavy atom. The van der Waals surface area contributed by atoms with E-state index in [-0.39, 0.29) is 28.8 Å². The second kappa shape index (κ2) is 10.9. The molecule has 7 nitrogen and oxygen atoms in total. The zero-order valence-electron chi connectivity index (χ0n) is 17.3. The number of hydrogen-bond donors (Lipinski definition) is 1. The van der Waals surface area contributed by atoms with Crippen LogP contribution in [-0.2, 0) is 21.4 Å². The summed E-state index contributed by atoms with van der Waals surface area (Å²) < 4.78 is 60.6. The summed E-state index contributed by atoms with van der Waals surface area (Å²) in [5.74, 6) is -0.243. The average Bonchev–Trinajstić information content (AvgIpc) is 2.72. The van der Waals surface area contributed by atoms with Crippen molar-refractivity contribution in [3.63, 3.8) is 0 Å². The molecule has 2 aromatic rings. The number of benzene rings is 2. The molecule has 0 fully saturated rings. The van der Waals surface area contributed by atoms with Gasteiger partial charge in [0.05, 0.1) is 12.0 Å². The molecular formula is C21H24F2N2O5S. The van der Waals surface area contributed by atoms with Gasteiger partial charge < -0.3 is 14.4 Å². The standard InChI is InChI=1S/C21H24F2N2O5S/c1-4-24-31(27,28)17-9-5-15(6-10-17)8-12-20(26)25(2)14-16-7-11-18(30-21(22)23)19(13-16)29-3/h5-13,21,24H,4,14H2,1-3H3/b12-8+. The third kappa shape index (κ3) is 7.04. The van der Waals surface area contributed by atoms with Crippen LogP contribution in [-0.4, -0.2) is 46.5 Å². The van der Waals surface area contributed by atoms with Gasteiger partial charge in [-0.05, 0) is 41.5 Å². The monoisotopic (exact) mass is 454 g/mol. The molecule has 1 N–H and O–H groups in total. The van der Waals surface area contributed by atoms with Crippen LogP contribution in [0.25, 0.3) is 6.08 Å². The highest BCUT2D eigenvalue weighted by Gasteiger charge is 2.14. The van der Waals surface area contributed by atoms with Crippen LogP contribution in [0.3, 0.4) is 0 Å². The summed E-state index contributed by atoms with van der Waals surface area (Å²) in [6.45, 7) is -0.767. The number of carbonyl (C=O) groups excluding carboxylic acids is 1. The van der Waals surface area contributed by atoms with Crippen LogP contribution in [0, 0.1) is 0 Å². The molecule has 0 heterocycles. The van der Waals surface area contributed by atoms with Crippen LogP contribution in [0.5, 0.6) is 11.5 Å². The van der Waals surface area contributed by atoms with E-state index in [1.165, 1.54) is 42.4 Å². The number of methoxy groups -OCH3 is 1. The van der Waals surface area contributed by atoms with Crippen LogP contribution < -0.4 is 14.2 Å². The van der Waals surface area contributed by atoms with Crippen molar-refractivity contribution in [1.82, 2.24) is 9.62 Å². The molecule has 0 unspecified atom stereocenters. The van der Waals surface area contributed by atoms with Crippen molar-refractivity contribution >= 4 is 22.0 Å². The summed E-state index contributed by atoms with van der Waals surface area (Å²) in [4.78, 5) is 14.0. The van der Waals surface area contributed by atoms with Gasteiger partial charge in [-0.25, -0.2) is 13.1 Å². The molecule has 0 aromatic heterocycles. The van der Waals surface area contributed by atoms with Gasteiger partial charge in [-0.1, -0.05) is 25.1 Å². The van der Waals surface area contributed by atoms with Crippen molar-refractivity contribution in [3.05, 3.63) is 59.7 Å². The first kappa shape index (κ1) is 24.3. The van der Waals surface area contributed by atoms with Gasteiger partial charge in [0.15, 0.2) is 11.5 Å². The Balaban J connectivity index is 2.03. The molecule has 0 aliphatic rings. The van der Waals surface area contributed by atoms with E-state index in [1.807, 2.05) is 0 Å². The molecule has 31 heavy (non-hydrogen) atoms. The van der Waals surface area contributed by atoms with E-state index >= 15 is 0 Å². The molecule has 1 amide bonds. The summed E-state index contributed by atoms with van der Waals surface area (Å²) in [6, 6.07) is 10.6. The number of ether oxygens (including phenoxy) is 2. The van der Waals surface area contributed by atoms with E-state index in [9.17, 15) is 22.0 Å². The smallest absolute Gasteiger partial charge is 0.387 e. The minimum absolute atomic E-state index is 0.0882. The van der Waals surface area contributed by atoms with E-state index in [2.05, 4.69) is 9.46 Å². The molecule has 0 radical (unpaired) electrons. The molecule has 0 saturated heterocycles. The quantitative estimate of drug-likeness (QED) is 0.557. The topological polar surface area (TPSA) is 84.9 Å². The van der Waals surface area contributed by atoms with Crippen molar-refractivity contribution in [2.75, 3.05) is 20.7 Å². The third-order valence-electron chi connectivity index (χ3n) is 4.18. The van der Waals surface area contributed by atoms with Crippen molar-refractivity contribution in [3.8, 4) is 11.5 Å². The number of amides is 1. The van der Waals surface area contributed by atoms with E-state index in [0.29, 0.717) is 17.7 Å². The minimum Gasteiger partial charge on any atom is -0.493 e. The highest BCUT2D eigenvalue weighted by Crippen LogP contribution is 2.29. The van der Waals surface area contributed by atoms with Gasteiger partial charge in [-0.15, -0.1) is 0 Å². The van der Waals surface area contributed by atoms with Crippen molar-refractivity contribution in [2.24, 2.45) is 0 Å². The maximum Gasteiger partial charge on any atom is 0.387 e. The lowest BCUT2D eigenvalue weighted by Gasteiger charge is -2.17. The Hall–Kier alpha value is -2.98. The molecular weight excluding hydrogens is 430 g/mol. The van der Waals surface area contributed by atoms with Crippen molar-refractivity contribution < 1.29 is 31.5 Å². The summed E-state index contributed by atoms with van der Waals surface area (Å²) in [7, 11) is -0.603. The zero-order chi connectivity index (χ0) is 23.0. The Bertz CT molecular complexity index is 1020. The molecule has 10 heteroatoms. The Kier molecular flexibility index (Phi) is 8.52. The van der Waals surface area contributed by atoms with Crippen LogP contribution in [0.4, 0.5) is 8.78 Å². The molecule has 168 valence electrons. The van der Waals surface area contributed by atoms with Crippen LogP contribution >= 0.6 is 0 Å². The van der Waals surface area contributed by atoms with Gasteiger partial charge in [0.1, 0.15) is 0 Å². The summed E-state index contributed by atoms with van der Waals surface area (Å²) >= 11 is 0. The van der Waals surface area contributed by atoms with Gasteiger partial charge in [0.25, 0.3) is 0 Å². The Morgan fingerprint density at radius 3 is 2.42 bits per heavy atom. The zero-order valence-corrected chi connectivity index (χ0v) is 18.2. The lowest BCUT2D eigenvalue weighted by molar-refractivity contribution is -0.125.